The van der Waals surface area contributed by atoms with Gasteiger partial charge in [-0.1, -0.05) is 0 Å². The zero-order chi connectivity index (χ0) is 9.81. The summed E-state index contributed by atoms with van der Waals surface area (Å²) >= 11 is 0. The van der Waals surface area contributed by atoms with Gasteiger partial charge in [0.1, 0.15) is 0 Å². The average Bonchev–Trinajstić information content (AvgIpc) is 2.96. The minimum Gasteiger partial charge on any atom is -0.310 e. The molecule has 0 aromatic heterocycles. The molecule has 1 heterocycles. The summed E-state index contributed by atoms with van der Waals surface area (Å²) in [6.07, 6.45) is 5.82. The topological polar surface area (TPSA) is 15.3 Å². The van der Waals surface area contributed by atoms with Gasteiger partial charge in [-0.3, -0.25) is 4.90 Å². The minimum absolute atomic E-state index is 0.328. The van der Waals surface area contributed by atoms with Crippen LogP contribution in [0.1, 0.15) is 39.5 Å². The van der Waals surface area contributed by atoms with Crippen molar-refractivity contribution in [2.75, 3.05) is 19.6 Å². The lowest BCUT2D eigenvalue weighted by Gasteiger charge is -2.30. The summed E-state index contributed by atoms with van der Waals surface area (Å²) in [6, 6.07) is 0.937. The van der Waals surface area contributed by atoms with Crippen LogP contribution in [0.15, 0.2) is 0 Å². The largest absolute Gasteiger partial charge is 0.310 e. The molecule has 0 atom stereocenters. The Labute approximate surface area is 87.0 Å². The van der Waals surface area contributed by atoms with Gasteiger partial charge in [-0.15, -0.1) is 0 Å². The average molecular weight is 194 g/mol. The second-order valence-corrected chi connectivity index (χ2v) is 6.37. The van der Waals surface area contributed by atoms with E-state index in [1.165, 1.54) is 45.3 Å². The molecule has 80 valence electrons. The molecule has 14 heavy (non-hydrogen) atoms. The zero-order valence-corrected chi connectivity index (χ0v) is 9.47. The van der Waals surface area contributed by atoms with Gasteiger partial charge >= 0.3 is 0 Å². The van der Waals surface area contributed by atoms with Crippen molar-refractivity contribution in [3.63, 3.8) is 0 Å². The van der Waals surface area contributed by atoms with Crippen molar-refractivity contribution in [2.24, 2.45) is 5.41 Å². The predicted octanol–water partition coefficient (Wildman–Crippen LogP) is 1.61. The van der Waals surface area contributed by atoms with Gasteiger partial charge in [-0.2, -0.15) is 0 Å². The third kappa shape index (κ3) is 1.70. The second-order valence-electron chi connectivity index (χ2n) is 6.37. The molecule has 0 aromatic rings. The van der Waals surface area contributed by atoms with Crippen LogP contribution in [0.4, 0.5) is 0 Å². The van der Waals surface area contributed by atoms with Crippen LogP contribution >= 0.6 is 0 Å². The van der Waals surface area contributed by atoms with Crippen LogP contribution in [-0.2, 0) is 0 Å². The van der Waals surface area contributed by atoms with Gasteiger partial charge in [0.2, 0.25) is 0 Å². The molecule has 2 saturated carbocycles. The fraction of sp³-hybridized carbons (Fsp3) is 1.00. The lowest BCUT2D eigenvalue weighted by Crippen LogP contribution is -2.46. The van der Waals surface area contributed by atoms with E-state index in [-0.39, 0.29) is 0 Å². The maximum Gasteiger partial charge on any atom is 0.0252 e. The summed E-state index contributed by atoms with van der Waals surface area (Å²) in [7, 11) is 0. The first kappa shape index (κ1) is 9.17. The van der Waals surface area contributed by atoms with E-state index >= 15 is 0 Å². The van der Waals surface area contributed by atoms with Crippen LogP contribution in [0.2, 0.25) is 0 Å². The quantitative estimate of drug-likeness (QED) is 0.682. The van der Waals surface area contributed by atoms with Crippen molar-refractivity contribution in [1.82, 2.24) is 10.2 Å². The molecule has 1 aliphatic heterocycles. The van der Waals surface area contributed by atoms with E-state index in [0.29, 0.717) is 11.0 Å². The van der Waals surface area contributed by atoms with Crippen LogP contribution in [0.3, 0.4) is 0 Å². The third-order valence-corrected chi connectivity index (χ3v) is 4.10. The van der Waals surface area contributed by atoms with Crippen LogP contribution in [-0.4, -0.2) is 36.1 Å². The first-order valence-electron chi connectivity index (χ1n) is 6.08. The van der Waals surface area contributed by atoms with Crippen molar-refractivity contribution in [3.8, 4) is 0 Å². The molecule has 1 spiro atoms. The SMILES string of the molecule is CC1(C)CN(C2CC2)CC2(CC2)CN1. The van der Waals surface area contributed by atoms with Crippen molar-refractivity contribution in [1.29, 1.82) is 0 Å². The molecule has 0 bridgehead atoms. The normalized spacial score (nSPS) is 35.6. The van der Waals surface area contributed by atoms with Crippen LogP contribution in [0, 0.1) is 5.41 Å². The molecular weight excluding hydrogens is 172 g/mol. The van der Waals surface area contributed by atoms with Gasteiger partial charge in [0, 0.05) is 31.2 Å². The molecule has 2 heteroatoms. The van der Waals surface area contributed by atoms with E-state index in [1.54, 1.807) is 0 Å². The monoisotopic (exact) mass is 194 g/mol. The predicted molar refractivity (Wildman–Crippen MR) is 58.3 cm³/mol. The maximum atomic E-state index is 3.74. The van der Waals surface area contributed by atoms with E-state index in [9.17, 15) is 0 Å². The maximum absolute atomic E-state index is 3.74. The zero-order valence-electron chi connectivity index (χ0n) is 9.47. The Morgan fingerprint density at radius 3 is 2.43 bits per heavy atom. The highest BCUT2D eigenvalue weighted by Gasteiger charge is 2.49. The van der Waals surface area contributed by atoms with Crippen LogP contribution in [0.5, 0.6) is 0 Å². The van der Waals surface area contributed by atoms with Crippen molar-refractivity contribution in [2.45, 2.75) is 51.1 Å². The van der Waals surface area contributed by atoms with E-state index in [0.717, 1.165) is 6.04 Å². The van der Waals surface area contributed by atoms with E-state index < -0.39 is 0 Å². The second kappa shape index (κ2) is 2.73. The van der Waals surface area contributed by atoms with E-state index in [1.807, 2.05) is 0 Å². The highest BCUT2D eigenvalue weighted by atomic mass is 15.2. The Morgan fingerprint density at radius 2 is 1.86 bits per heavy atom. The Kier molecular flexibility index (Phi) is 1.79. The van der Waals surface area contributed by atoms with Gasteiger partial charge in [-0.25, -0.2) is 0 Å². The van der Waals surface area contributed by atoms with Crippen LogP contribution in [0.25, 0.3) is 0 Å². The van der Waals surface area contributed by atoms with Crippen LogP contribution < -0.4 is 5.32 Å². The highest BCUT2D eigenvalue weighted by molar-refractivity contribution is 5.05. The lowest BCUT2D eigenvalue weighted by atomic mass is 10.1. The van der Waals surface area contributed by atoms with Crippen molar-refractivity contribution in [3.05, 3.63) is 0 Å². The summed E-state index contributed by atoms with van der Waals surface area (Å²) in [4.78, 5) is 2.76. The van der Waals surface area contributed by atoms with E-state index in [4.69, 9.17) is 0 Å². The molecule has 0 aromatic carbocycles. The van der Waals surface area contributed by atoms with Gasteiger partial charge in [0.05, 0.1) is 0 Å². The Hall–Kier alpha value is -0.0800. The number of rotatable bonds is 1. The highest BCUT2D eigenvalue weighted by Crippen LogP contribution is 2.48. The Bertz CT molecular complexity index is 231. The Morgan fingerprint density at radius 1 is 1.14 bits per heavy atom. The third-order valence-electron chi connectivity index (χ3n) is 4.10. The van der Waals surface area contributed by atoms with Gasteiger partial charge in [0.25, 0.3) is 0 Å². The molecule has 3 aliphatic rings. The first-order chi connectivity index (χ1) is 6.59. The summed E-state index contributed by atoms with van der Waals surface area (Å²) < 4.78 is 0. The molecule has 0 amide bonds. The van der Waals surface area contributed by atoms with Gasteiger partial charge in [-0.05, 0) is 44.9 Å². The minimum atomic E-state index is 0.328. The molecule has 2 nitrogen and oxygen atoms in total. The first-order valence-corrected chi connectivity index (χ1v) is 6.08. The van der Waals surface area contributed by atoms with E-state index in [2.05, 4.69) is 24.1 Å². The molecule has 2 aliphatic carbocycles. The van der Waals surface area contributed by atoms with Gasteiger partial charge < -0.3 is 5.32 Å². The molecule has 1 saturated heterocycles. The lowest BCUT2D eigenvalue weighted by molar-refractivity contribution is 0.204. The molecule has 0 unspecified atom stereocenters. The fourth-order valence-corrected chi connectivity index (χ4v) is 2.74. The summed E-state index contributed by atoms with van der Waals surface area (Å²) in [6.45, 7) is 8.57. The molecule has 0 radical (unpaired) electrons. The standard InChI is InChI=1S/C12H22N2/c1-11(2)8-14(10-3-4-10)9-12(5-6-12)7-13-11/h10,13H,3-9H2,1-2H3. The van der Waals surface area contributed by atoms with Crippen molar-refractivity contribution < 1.29 is 0 Å². The summed E-state index contributed by atoms with van der Waals surface area (Å²) in [5, 5.41) is 3.74. The fourth-order valence-electron chi connectivity index (χ4n) is 2.74. The number of hydrogen-bond donors (Lipinski definition) is 1. The number of nitrogens with one attached hydrogen (secondary N) is 1. The molecule has 1 N–H and O–H groups in total. The molecule has 3 fully saturated rings. The summed E-state index contributed by atoms with van der Waals surface area (Å²) in [5.74, 6) is 0. The van der Waals surface area contributed by atoms with Gasteiger partial charge in [0.15, 0.2) is 0 Å². The smallest absolute Gasteiger partial charge is 0.0252 e. The number of nitrogens with zero attached hydrogens (tertiary/aromatic N) is 1. The number of hydrogen-bond acceptors (Lipinski definition) is 2. The summed E-state index contributed by atoms with van der Waals surface area (Å²) in [5.41, 5.74) is 1.00. The van der Waals surface area contributed by atoms with Crippen molar-refractivity contribution >= 4 is 0 Å². The molecule has 3 rings (SSSR count). The molecular formula is C12H22N2. The Balaban J connectivity index is 1.76.